The highest BCUT2D eigenvalue weighted by Gasteiger charge is 2.13. The normalized spacial score (nSPS) is 11.5. The molecule has 0 heterocycles. The van der Waals surface area contributed by atoms with Crippen molar-refractivity contribution >= 4 is 11.9 Å². The minimum atomic E-state index is -0.759. The van der Waals surface area contributed by atoms with E-state index in [-0.39, 0.29) is 5.91 Å². The van der Waals surface area contributed by atoms with Crippen LogP contribution in [0.4, 0.5) is 0 Å². The molecule has 0 bridgehead atoms. The number of carbonyl (C=O) groups is 2. The third-order valence-corrected chi connectivity index (χ3v) is 1.08. The van der Waals surface area contributed by atoms with Gasteiger partial charge in [0, 0.05) is 13.1 Å². The van der Waals surface area contributed by atoms with Crippen LogP contribution in [0.2, 0.25) is 0 Å². The molecule has 0 aromatic rings. The number of carbonyl (C=O) groups excluding carboxylic acids is 2. The Balaban J connectivity index is 3.86. The topological polar surface area (TPSA) is 55.4 Å². The summed E-state index contributed by atoms with van der Waals surface area (Å²) in [5, 5.41) is 2.34. The molecule has 0 aromatic carbocycles. The summed E-state index contributed by atoms with van der Waals surface area (Å²) in [4.78, 5) is 21.3. The zero-order chi connectivity index (χ0) is 8.85. The monoisotopic (exact) mass is 157 g/mol. The Labute approximate surface area is 65.2 Å². The van der Waals surface area contributed by atoms with Crippen LogP contribution >= 0.6 is 0 Å². The molecule has 4 heteroatoms. The van der Waals surface area contributed by atoms with Gasteiger partial charge in [0.1, 0.15) is 0 Å². The van der Waals surface area contributed by atoms with E-state index in [1.54, 1.807) is 0 Å². The van der Waals surface area contributed by atoms with Gasteiger partial charge in [0.15, 0.2) is 6.10 Å². The second-order valence-electron chi connectivity index (χ2n) is 1.90. The van der Waals surface area contributed by atoms with Gasteiger partial charge in [0.25, 0.3) is 5.91 Å². The smallest absolute Gasteiger partial charge is 0.330 e. The van der Waals surface area contributed by atoms with E-state index in [0.717, 1.165) is 6.08 Å². The van der Waals surface area contributed by atoms with Gasteiger partial charge in [-0.2, -0.15) is 0 Å². The second kappa shape index (κ2) is 4.49. The number of hydrogen-bond donors (Lipinski definition) is 1. The summed E-state index contributed by atoms with van der Waals surface area (Å²) >= 11 is 0. The van der Waals surface area contributed by atoms with E-state index in [1.807, 2.05) is 0 Å². The standard InChI is InChI=1S/C7H11NO3/c1-4-6(9)11-5(2)7(10)8-3/h4-5H,1H2,2-3H3,(H,8,10). The molecule has 0 saturated carbocycles. The molecule has 62 valence electrons. The number of hydrogen-bond acceptors (Lipinski definition) is 3. The molecule has 0 fully saturated rings. The summed E-state index contributed by atoms with van der Waals surface area (Å²) in [6, 6.07) is 0. The number of ether oxygens (including phenoxy) is 1. The Bertz CT molecular complexity index is 177. The predicted octanol–water partition coefficient (Wildman–Crippen LogP) is -0.150. The molecule has 0 radical (unpaired) electrons. The van der Waals surface area contributed by atoms with Crippen molar-refractivity contribution in [3.63, 3.8) is 0 Å². The molecule has 11 heavy (non-hydrogen) atoms. The fourth-order valence-electron chi connectivity index (χ4n) is 0.479. The van der Waals surface area contributed by atoms with Crippen LogP contribution in [0.3, 0.4) is 0 Å². The number of esters is 1. The second-order valence-corrected chi connectivity index (χ2v) is 1.90. The molecule has 1 unspecified atom stereocenters. The van der Waals surface area contributed by atoms with E-state index < -0.39 is 12.1 Å². The van der Waals surface area contributed by atoms with Crippen LogP contribution < -0.4 is 5.32 Å². The van der Waals surface area contributed by atoms with Crippen LogP contribution in [0, 0.1) is 0 Å². The Morgan fingerprint density at radius 3 is 2.55 bits per heavy atom. The minimum absolute atomic E-state index is 0.333. The first kappa shape index (κ1) is 9.68. The summed E-state index contributed by atoms with van der Waals surface area (Å²) in [6.45, 7) is 4.68. The Kier molecular flexibility index (Phi) is 3.95. The van der Waals surface area contributed by atoms with Crippen LogP contribution in [0.1, 0.15) is 6.92 Å². The van der Waals surface area contributed by atoms with E-state index in [9.17, 15) is 9.59 Å². The van der Waals surface area contributed by atoms with Crippen molar-refractivity contribution in [1.29, 1.82) is 0 Å². The van der Waals surface area contributed by atoms with Crippen molar-refractivity contribution in [2.24, 2.45) is 0 Å². The molecule has 0 rings (SSSR count). The van der Waals surface area contributed by atoms with E-state index >= 15 is 0 Å². The van der Waals surface area contributed by atoms with E-state index in [0.29, 0.717) is 0 Å². The molecule has 0 aliphatic heterocycles. The molecule has 1 atom stereocenters. The summed E-state index contributed by atoms with van der Waals surface area (Å²) < 4.78 is 4.58. The molecule has 0 aliphatic rings. The number of nitrogens with one attached hydrogen (secondary N) is 1. The average molecular weight is 157 g/mol. The fourth-order valence-corrected chi connectivity index (χ4v) is 0.479. The maximum atomic E-state index is 10.7. The first-order chi connectivity index (χ1) is 5.11. The molecule has 0 spiro atoms. The quantitative estimate of drug-likeness (QED) is 0.458. The molecule has 0 aromatic heterocycles. The highest BCUT2D eigenvalue weighted by atomic mass is 16.5. The van der Waals surface area contributed by atoms with E-state index in [2.05, 4.69) is 16.6 Å². The van der Waals surface area contributed by atoms with Crippen molar-refractivity contribution < 1.29 is 14.3 Å². The van der Waals surface area contributed by atoms with Crippen molar-refractivity contribution in [1.82, 2.24) is 5.32 Å². The molecule has 4 nitrogen and oxygen atoms in total. The first-order valence-electron chi connectivity index (χ1n) is 3.16. The van der Waals surface area contributed by atoms with Gasteiger partial charge < -0.3 is 10.1 Å². The van der Waals surface area contributed by atoms with Gasteiger partial charge in [-0.25, -0.2) is 4.79 Å². The number of amides is 1. The highest BCUT2D eigenvalue weighted by molar-refractivity contribution is 5.86. The summed E-state index contributed by atoms with van der Waals surface area (Å²) in [6.07, 6.45) is 0.255. The predicted molar refractivity (Wildman–Crippen MR) is 39.8 cm³/mol. The van der Waals surface area contributed by atoms with Crippen LogP contribution in [-0.2, 0) is 14.3 Å². The van der Waals surface area contributed by atoms with Crippen molar-refractivity contribution in [2.45, 2.75) is 13.0 Å². The lowest BCUT2D eigenvalue weighted by molar-refractivity contribution is -0.149. The minimum Gasteiger partial charge on any atom is -0.449 e. The maximum Gasteiger partial charge on any atom is 0.330 e. The van der Waals surface area contributed by atoms with Crippen LogP contribution in [-0.4, -0.2) is 25.0 Å². The summed E-state index contributed by atoms with van der Waals surface area (Å²) in [7, 11) is 1.47. The average Bonchev–Trinajstić information content (AvgIpc) is 2.02. The molecular formula is C7H11NO3. The van der Waals surface area contributed by atoms with Crippen LogP contribution in [0.5, 0.6) is 0 Å². The zero-order valence-corrected chi connectivity index (χ0v) is 6.59. The van der Waals surface area contributed by atoms with Crippen molar-refractivity contribution in [2.75, 3.05) is 7.05 Å². The highest BCUT2D eigenvalue weighted by Crippen LogP contribution is 1.91. The Morgan fingerprint density at radius 2 is 2.18 bits per heavy atom. The van der Waals surface area contributed by atoms with Crippen LogP contribution in [0.25, 0.3) is 0 Å². The van der Waals surface area contributed by atoms with Gasteiger partial charge in [-0.1, -0.05) is 6.58 Å². The SMILES string of the molecule is C=CC(=O)OC(C)C(=O)NC. The van der Waals surface area contributed by atoms with Gasteiger partial charge in [-0.05, 0) is 6.92 Å². The third kappa shape index (κ3) is 3.40. The molecule has 1 amide bonds. The Morgan fingerprint density at radius 1 is 1.64 bits per heavy atom. The summed E-state index contributed by atoms with van der Waals surface area (Å²) in [5.74, 6) is -0.929. The number of likely N-dealkylation sites (N-methyl/N-ethyl adjacent to an activating group) is 1. The first-order valence-corrected chi connectivity index (χ1v) is 3.16. The van der Waals surface area contributed by atoms with Gasteiger partial charge in [0.2, 0.25) is 0 Å². The van der Waals surface area contributed by atoms with Crippen LogP contribution in [0.15, 0.2) is 12.7 Å². The summed E-state index contributed by atoms with van der Waals surface area (Å²) in [5.41, 5.74) is 0. The van der Waals surface area contributed by atoms with E-state index in [4.69, 9.17) is 0 Å². The van der Waals surface area contributed by atoms with E-state index in [1.165, 1.54) is 14.0 Å². The third-order valence-electron chi connectivity index (χ3n) is 1.08. The van der Waals surface area contributed by atoms with Gasteiger partial charge in [-0.3, -0.25) is 4.79 Å². The Hall–Kier alpha value is -1.32. The molecular weight excluding hydrogens is 146 g/mol. The van der Waals surface area contributed by atoms with Crippen molar-refractivity contribution in [3.05, 3.63) is 12.7 Å². The molecule has 0 aliphatic carbocycles. The van der Waals surface area contributed by atoms with Gasteiger partial charge in [-0.15, -0.1) is 0 Å². The lowest BCUT2D eigenvalue weighted by Crippen LogP contribution is -2.32. The number of rotatable bonds is 3. The van der Waals surface area contributed by atoms with Gasteiger partial charge in [0.05, 0.1) is 0 Å². The van der Waals surface area contributed by atoms with Crippen molar-refractivity contribution in [3.8, 4) is 0 Å². The zero-order valence-electron chi connectivity index (χ0n) is 6.59. The maximum absolute atomic E-state index is 10.7. The molecule has 1 N–H and O–H groups in total. The largest absolute Gasteiger partial charge is 0.449 e. The lowest BCUT2D eigenvalue weighted by Gasteiger charge is -2.08. The molecule has 0 saturated heterocycles. The van der Waals surface area contributed by atoms with Gasteiger partial charge >= 0.3 is 5.97 Å². The fraction of sp³-hybridized carbons (Fsp3) is 0.429. The lowest BCUT2D eigenvalue weighted by atomic mass is 10.4.